The SMILES string of the molecule is CCc1ccc2c(c1)CC(CN)N2. The summed E-state index contributed by atoms with van der Waals surface area (Å²) in [4.78, 5) is 0. The van der Waals surface area contributed by atoms with Crippen LogP contribution in [-0.4, -0.2) is 12.6 Å². The second-order valence-electron chi connectivity index (χ2n) is 3.63. The summed E-state index contributed by atoms with van der Waals surface area (Å²) in [7, 11) is 0. The van der Waals surface area contributed by atoms with E-state index in [-0.39, 0.29) is 0 Å². The molecule has 70 valence electrons. The van der Waals surface area contributed by atoms with Gasteiger partial charge in [0.1, 0.15) is 0 Å². The summed E-state index contributed by atoms with van der Waals surface area (Å²) >= 11 is 0. The average molecular weight is 176 g/mol. The molecule has 1 aliphatic heterocycles. The predicted octanol–water partition coefficient (Wildman–Crippen LogP) is 1.54. The second-order valence-corrected chi connectivity index (χ2v) is 3.63. The van der Waals surface area contributed by atoms with Crippen molar-refractivity contribution in [3.8, 4) is 0 Å². The minimum atomic E-state index is 0.446. The molecule has 0 aliphatic carbocycles. The van der Waals surface area contributed by atoms with Crippen molar-refractivity contribution in [1.82, 2.24) is 0 Å². The van der Waals surface area contributed by atoms with Crippen molar-refractivity contribution < 1.29 is 0 Å². The van der Waals surface area contributed by atoms with Crippen LogP contribution in [0.4, 0.5) is 5.69 Å². The molecule has 3 N–H and O–H groups in total. The number of anilines is 1. The van der Waals surface area contributed by atoms with Crippen molar-refractivity contribution in [1.29, 1.82) is 0 Å². The van der Waals surface area contributed by atoms with Crippen LogP contribution in [0.15, 0.2) is 18.2 Å². The molecule has 13 heavy (non-hydrogen) atoms. The zero-order valence-electron chi connectivity index (χ0n) is 8.01. The van der Waals surface area contributed by atoms with Gasteiger partial charge in [0.2, 0.25) is 0 Å². The summed E-state index contributed by atoms with van der Waals surface area (Å²) in [5.74, 6) is 0. The lowest BCUT2D eigenvalue weighted by Gasteiger charge is -2.05. The van der Waals surface area contributed by atoms with Gasteiger partial charge in [0.25, 0.3) is 0 Å². The van der Waals surface area contributed by atoms with Gasteiger partial charge in [0, 0.05) is 18.3 Å². The normalized spacial score (nSPS) is 19.7. The lowest BCUT2D eigenvalue weighted by Crippen LogP contribution is -2.25. The number of nitrogens with one attached hydrogen (secondary N) is 1. The van der Waals surface area contributed by atoms with E-state index in [1.165, 1.54) is 16.8 Å². The summed E-state index contributed by atoms with van der Waals surface area (Å²) in [6, 6.07) is 7.09. The molecule has 0 fully saturated rings. The number of nitrogens with two attached hydrogens (primary N) is 1. The van der Waals surface area contributed by atoms with E-state index in [1.807, 2.05) is 0 Å². The van der Waals surface area contributed by atoms with Crippen LogP contribution < -0.4 is 11.1 Å². The zero-order chi connectivity index (χ0) is 9.26. The molecular formula is C11H16N2. The molecule has 0 aromatic heterocycles. The van der Waals surface area contributed by atoms with Gasteiger partial charge >= 0.3 is 0 Å². The van der Waals surface area contributed by atoms with Gasteiger partial charge in [-0.05, 0) is 30.0 Å². The molecular weight excluding hydrogens is 160 g/mol. The van der Waals surface area contributed by atoms with Crippen molar-refractivity contribution >= 4 is 5.69 Å². The Morgan fingerprint density at radius 1 is 1.54 bits per heavy atom. The number of hydrogen-bond donors (Lipinski definition) is 2. The first-order valence-electron chi connectivity index (χ1n) is 4.92. The number of fused-ring (bicyclic) bond motifs is 1. The molecule has 0 bridgehead atoms. The van der Waals surface area contributed by atoms with Gasteiger partial charge in [-0.2, -0.15) is 0 Å². The highest BCUT2D eigenvalue weighted by Gasteiger charge is 2.18. The molecule has 2 heteroatoms. The van der Waals surface area contributed by atoms with Crippen LogP contribution in [0.5, 0.6) is 0 Å². The Bertz CT molecular complexity index is 307. The summed E-state index contributed by atoms with van der Waals surface area (Å²) < 4.78 is 0. The van der Waals surface area contributed by atoms with Gasteiger partial charge < -0.3 is 11.1 Å². The standard InChI is InChI=1S/C11H16N2/c1-2-8-3-4-11-9(5-8)6-10(7-12)13-11/h3-5,10,13H,2,6-7,12H2,1H3. The van der Waals surface area contributed by atoms with Gasteiger partial charge in [-0.15, -0.1) is 0 Å². The second kappa shape index (κ2) is 3.38. The van der Waals surface area contributed by atoms with E-state index in [4.69, 9.17) is 5.73 Å². The van der Waals surface area contributed by atoms with Crippen molar-refractivity contribution in [2.75, 3.05) is 11.9 Å². The molecule has 1 unspecified atom stereocenters. The van der Waals surface area contributed by atoms with Crippen molar-refractivity contribution in [2.24, 2.45) is 5.73 Å². The molecule has 1 aromatic rings. The van der Waals surface area contributed by atoms with Gasteiger partial charge in [-0.1, -0.05) is 19.1 Å². The lowest BCUT2D eigenvalue weighted by molar-refractivity contribution is 0.760. The largest absolute Gasteiger partial charge is 0.380 e. The summed E-state index contributed by atoms with van der Waals surface area (Å²) in [6.45, 7) is 2.90. The number of hydrogen-bond acceptors (Lipinski definition) is 2. The highest BCUT2D eigenvalue weighted by Crippen LogP contribution is 2.26. The molecule has 0 spiro atoms. The van der Waals surface area contributed by atoms with Crippen molar-refractivity contribution in [2.45, 2.75) is 25.8 Å². The molecule has 2 nitrogen and oxygen atoms in total. The fourth-order valence-corrected chi connectivity index (χ4v) is 1.86. The van der Waals surface area contributed by atoms with Gasteiger partial charge in [-0.25, -0.2) is 0 Å². The lowest BCUT2D eigenvalue weighted by atomic mass is 10.1. The number of benzene rings is 1. The van der Waals surface area contributed by atoms with E-state index in [0.29, 0.717) is 6.04 Å². The smallest absolute Gasteiger partial charge is 0.0424 e. The Kier molecular flexibility index (Phi) is 2.23. The van der Waals surface area contributed by atoms with Crippen LogP contribution in [0.25, 0.3) is 0 Å². The molecule has 0 radical (unpaired) electrons. The fraction of sp³-hybridized carbons (Fsp3) is 0.455. The highest BCUT2D eigenvalue weighted by atomic mass is 15.0. The van der Waals surface area contributed by atoms with Gasteiger partial charge in [0.05, 0.1) is 0 Å². The molecule has 2 rings (SSSR count). The minimum Gasteiger partial charge on any atom is -0.380 e. The first-order valence-corrected chi connectivity index (χ1v) is 4.92. The van der Waals surface area contributed by atoms with E-state index in [9.17, 15) is 0 Å². The minimum absolute atomic E-state index is 0.446. The fourth-order valence-electron chi connectivity index (χ4n) is 1.86. The number of aryl methyl sites for hydroxylation is 1. The van der Waals surface area contributed by atoms with E-state index in [0.717, 1.165) is 19.4 Å². The zero-order valence-corrected chi connectivity index (χ0v) is 8.01. The summed E-state index contributed by atoms with van der Waals surface area (Å²) in [5, 5.41) is 3.41. The predicted molar refractivity (Wildman–Crippen MR) is 56.0 cm³/mol. The van der Waals surface area contributed by atoms with Crippen LogP contribution in [0, 0.1) is 0 Å². The molecule has 1 atom stereocenters. The van der Waals surface area contributed by atoms with E-state index < -0.39 is 0 Å². The third-order valence-electron chi connectivity index (χ3n) is 2.69. The van der Waals surface area contributed by atoms with Crippen molar-refractivity contribution in [3.05, 3.63) is 29.3 Å². The third kappa shape index (κ3) is 1.54. The molecule has 1 aliphatic rings. The Morgan fingerprint density at radius 3 is 3.08 bits per heavy atom. The molecule has 0 amide bonds. The van der Waals surface area contributed by atoms with Gasteiger partial charge in [-0.3, -0.25) is 0 Å². The van der Waals surface area contributed by atoms with Crippen LogP contribution in [0.2, 0.25) is 0 Å². The molecule has 1 aromatic carbocycles. The summed E-state index contributed by atoms with van der Waals surface area (Å²) in [5.41, 5.74) is 9.73. The molecule has 0 saturated heterocycles. The third-order valence-corrected chi connectivity index (χ3v) is 2.69. The van der Waals surface area contributed by atoms with E-state index in [1.54, 1.807) is 0 Å². The quantitative estimate of drug-likeness (QED) is 0.717. The van der Waals surface area contributed by atoms with Crippen LogP contribution in [0.3, 0.4) is 0 Å². The van der Waals surface area contributed by atoms with Crippen LogP contribution in [0.1, 0.15) is 18.1 Å². The monoisotopic (exact) mass is 176 g/mol. The first kappa shape index (κ1) is 8.57. The Labute approximate surface area is 79.1 Å². The highest BCUT2D eigenvalue weighted by molar-refractivity contribution is 5.58. The molecule has 1 heterocycles. The Hall–Kier alpha value is -1.02. The van der Waals surface area contributed by atoms with Crippen molar-refractivity contribution in [3.63, 3.8) is 0 Å². The topological polar surface area (TPSA) is 38.0 Å². The van der Waals surface area contributed by atoms with Crippen LogP contribution >= 0.6 is 0 Å². The first-order chi connectivity index (χ1) is 6.33. The van der Waals surface area contributed by atoms with E-state index >= 15 is 0 Å². The Balaban J connectivity index is 2.25. The average Bonchev–Trinajstić information content (AvgIpc) is 2.58. The Morgan fingerprint density at radius 2 is 2.38 bits per heavy atom. The number of rotatable bonds is 2. The van der Waals surface area contributed by atoms with Crippen LogP contribution in [-0.2, 0) is 12.8 Å². The maximum absolute atomic E-state index is 5.62. The van der Waals surface area contributed by atoms with Gasteiger partial charge in [0.15, 0.2) is 0 Å². The maximum atomic E-state index is 5.62. The summed E-state index contributed by atoms with van der Waals surface area (Å²) in [6.07, 6.45) is 2.19. The molecule has 0 saturated carbocycles. The maximum Gasteiger partial charge on any atom is 0.0424 e. The van der Waals surface area contributed by atoms with E-state index in [2.05, 4.69) is 30.4 Å².